The Kier molecular flexibility index (Phi) is 3.07. The highest BCUT2D eigenvalue weighted by molar-refractivity contribution is 9.10. The van der Waals surface area contributed by atoms with Crippen molar-refractivity contribution >= 4 is 33.3 Å². The van der Waals surface area contributed by atoms with Crippen LogP contribution in [0.25, 0.3) is 0 Å². The summed E-state index contributed by atoms with van der Waals surface area (Å²) in [5.74, 6) is -0.942. The summed E-state index contributed by atoms with van der Waals surface area (Å²) in [6.07, 6.45) is 3.00. The van der Waals surface area contributed by atoms with E-state index < -0.39 is 5.97 Å². The van der Waals surface area contributed by atoms with Crippen LogP contribution in [-0.4, -0.2) is 22.6 Å². The van der Waals surface area contributed by atoms with E-state index in [1.54, 1.807) is 6.20 Å². The summed E-state index contributed by atoms with van der Waals surface area (Å²) in [6, 6.07) is 0. The van der Waals surface area contributed by atoms with Crippen LogP contribution in [0.5, 0.6) is 0 Å². The van der Waals surface area contributed by atoms with Gasteiger partial charge in [0, 0.05) is 6.20 Å². The van der Waals surface area contributed by atoms with Crippen LogP contribution in [0.4, 0.5) is 11.4 Å². The number of nitrogen functional groups attached to an aromatic ring is 1. The molecule has 0 saturated heterocycles. The summed E-state index contributed by atoms with van der Waals surface area (Å²) in [4.78, 5) is 14.1. The highest BCUT2D eigenvalue weighted by Crippen LogP contribution is 2.26. The zero-order chi connectivity index (χ0) is 9.84. The largest absolute Gasteiger partial charge is 0.480 e. The van der Waals surface area contributed by atoms with Gasteiger partial charge >= 0.3 is 5.97 Å². The van der Waals surface area contributed by atoms with Gasteiger partial charge in [-0.25, -0.2) is 0 Å². The molecule has 0 unspecified atom stereocenters. The lowest BCUT2D eigenvalue weighted by molar-refractivity contribution is -0.134. The van der Waals surface area contributed by atoms with Crippen LogP contribution in [0, 0.1) is 0 Å². The molecule has 6 heteroatoms. The molecule has 13 heavy (non-hydrogen) atoms. The summed E-state index contributed by atoms with van der Waals surface area (Å²) in [5.41, 5.74) is 6.53. The lowest BCUT2D eigenvalue weighted by Crippen LogP contribution is -2.13. The number of pyridine rings is 1. The van der Waals surface area contributed by atoms with Crippen LogP contribution >= 0.6 is 15.9 Å². The number of halogens is 1. The predicted molar refractivity (Wildman–Crippen MR) is 52.5 cm³/mol. The van der Waals surface area contributed by atoms with Crippen molar-refractivity contribution in [3.05, 3.63) is 16.9 Å². The highest BCUT2D eigenvalue weighted by Gasteiger charge is 2.05. The molecule has 70 valence electrons. The smallest absolute Gasteiger partial charge is 0.322 e. The van der Waals surface area contributed by atoms with E-state index in [0.29, 0.717) is 15.8 Å². The first-order chi connectivity index (χ1) is 6.11. The van der Waals surface area contributed by atoms with Crippen molar-refractivity contribution in [2.75, 3.05) is 17.6 Å². The minimum Gasteiger partial charge on any atom is -0.480 e. The topological polar surface area (TPSA) is 88.2 Å². The maximum atomic E-state index is 10.3. The van der Waals surface area contributed by atoms with Gasteiger partial charge in [-0.2, -0.15) is 0 Å². The Balaban J connectivity index is 2.81. The average Bonchev–Trinajstić information content (AvgIpc) is 2.03. The second kappa shape index (κ2) is 4.08. The van der Waals surface area contributed by atoms with Gasteiger partial charge in [0.25, 0.3) is 0 Å². The molecule has 0 aliphatic carbocycles. The molecule has 1 aromatic heterocycles. The Morgan fingerprint density at radius 1 is 1.69 bits per heavy atom. The van der Waals surface area contributed by atoms with Crippen molar-refractivity contribution in [1.29, 1.82) is 0 Å². The number of hydrogen-bond donors (Lipinski definition) is 3. The number of carboxylic acids is 1. The zero-order valence-electron chi connectivity index (χ0n) is 6.62. The van der Waals surface area contributed by atoms with E-state index in [1.807, 2.05) is 0 Å². The Hall–Kier alpha value is -1.30. The molecular formula is C7H8BrN3O2. The lowest BCUT2D eigenvalue weighted by atomic mass is 10.3. The Morgan fingerprint density at radius 3 is 2.92 bits per heavy atom. The molecule has 5 nitrogen and oxygen atoms in total. The monoisotopic (exact) mass is 245 g/mol. The average molecular weight is 246 g/mol. The molecule has 0 radical (unpaired) electrons. The third kappa shape index (κ3) is 2.59. The Labute approximate surface area is 83.1 Å². The van der Waals surface area contributed by atoms with Gasteiger partial charge < -0.3 is 16.2 Å². The summed E-state index contributed by atoms with van der Waals surface area (Å²) >= 11 is 3.20. The Bertz CT molecular complexity index is 309. The van der Waals surface area contributed by atoms with Gasteiger partial charge in [0.05, 0.1) is 22.0 Å². The number of carboxylic acid groups (broad SMARTS) is 1. The second-order valence-corrected chi connectivity index (χ2v) is 3.19. The molecule has 0 aliphatic heterocycles. The molecule has 1 aromatic rings. The van der Waals surface area contributed by atoms with Crippen LogP contribution < -0.4 is 11.1 Å². The zero-order valence-corrected chi connectivity index (χ0v) is 8.21. The number of aliphatic carboxylic acids is 1. The third-order valence-corrected chi connectivity index (χ3v) is 1.95. The summed E-state index contributed by atoms with van der Waals surface area (Å²) in [5, 5.41) is 11.1. The number of carbonyl (C=O) groups is 1. The predicted octanol–water partition coefficient (Wildman–Crippen LogP) is 0.923. The molecule has 0 aromatic carbocycles. The van der Waals surface area contributed by atoms with Crippen LogP contribution in [0.1, 0.15) is 0 Å². The van der Waals surface area contributed by atoms with Crippen molar-refractivity contribution < 1.29 is 9.90 Å². The molecule has 0 aliphatic rings. The molecular weight excluding hydrogens is 238 g/mol. The van der Waals surface area contributed by atoms with Gasteiger partial charge in [-0.3, -0.25) is 9.78 Å². The van der Waals surface area contributed by atoms with E-state index in [9.17, 15) is 4.79 Å². The summed E-state index contributed by atoms with van der Waals surface area (Å²) in [7, 11) is 0. The second-order valence-electron chi connectivity index (χ2n) is 2.33. The van der Waals surface area contributed by atoms with E-state index in [4.69, 9.17) is 10.8 Å². The molecule has 0 bridgehead atoms. The van der Waals surface area contributed by atoms with Gasteiger partial charge in [0.15, 0.2) is 0 Å². The molecule has 0 fully saturated rings. The first-order valence-electron chi connectivity index (χ1n) is 3.46. The molecule has 0 spiro atoms. The van der Waals surface area contributed by atoms with Crippen molar-refractivity contribution in [2.45, 2.75) is 0 Å². The normalized spacial score (nSPS) is 9.62. The lowest BCUT2D eigenvalue weighted by Gasteiger charge is -2.07. The van der Waals surface area contributed by atoms with E-state index in [-0.39, 0.29) is 6.54 Å². The van der Waals surface area contributed by atoms with Gasteiger partial charge in [-0.05, 0) is 15.9 Å². The molecule has 1 heterocycles. The fourth-order valence-corrected chi connectivity index (χ4v) is 1.29. The van der Waals surface area contributed by atoms with Gasteiger partial charge in [-0.1, -0.05) is 0 Å². The van der Waals surface area contributed by atoms with Crippen LogP contribution in [0.15, 0.2) is 16.9 Å². The number of hydrogen-bond acceptors (Lipinski definition) is 4. The fourth-order valence-electron chi connectivity index (χ4n) is 0.800. The summed E-state index contributed by atoms with van der Waals surface area (Å²) in [6.45, 7) is -0.174. The van der Waals surface area contributed by atoms with E-state index >= 15 is 0 Å². The standard InChI is InChI=1S/C7H8BrN3O2/c8-4-1-10-2-5(9)7(4)11-3-6(12)13/h1-2H,3,9H2,(H,10,11)(H,12,13). The van der Waals surface area contributed by atoms with Crippen molar-refractivity contribution in [1.82, 2.24) is 4.98 Å². The van der Waals surface area contributed by atoms with Crippen LogP contribution in [-0.2, 0) is 4.79 Å². The van der Waals surface area contributed by atoms with Gasteiger partial charge in [0.1, 0.15) is 6.54 Å². The number of nitrogens with one attached hydrogen (secondary N) is 1. The molecule has 0 amide bonds. The first kappa shape index (κ1) is 9.79. The quantitative estimate of drug-likeness (QED) is 0.738. The minimum atomic E-state index is -0.942. The van der Waals surface area contributed by atoms with E-state index in [2.05, 4.69) is 26.2 Å². The van der Waals surface area contributed by atoms with Crippen molar-refractivity contribution in [3.63, 3.8) is 0 Å². The van der Waals surface area contributed by atoms with E-state index in [0.717, 1.165) is 0 Å². The van der Waals surface area contributed by atoms with Crippen LogP contribution in [0.2, 0.25) is 0 Å². The van der Waals surface area contributed by atoms with Gasteiger partial charge in [-0.15, -0.1) is 0 Å². The molecule has 1 rings (SSSR count). The number of anilines is 2. The number of nitrogens with two attached hydrogens (primary N) is 1. The molecule has 0 saturated carbocycles. The van der Waals surface area contributed by atoms with E-state index in [1.165, 1.54) is 6.20 Å². The van der Waals surface area contributed by atoms with Crippen LogP contribution in [0.3, 0.4) is 0 Å². The fraction of sp³-hybridized carbons (Fsp3) is 0.143. The molecule has 4 N–H and O–H groups in total. The molecule has 0 atom stereocenters. The maximum Gasteiger partial charge on any atom is 0.322 e. The third-order valence-electron chi connectivity index (χ3n) is 1.35. The van der Waals surface area contributed by atoms with Gasteiger partial charge in [0.2, 0.25) is 0 Å². The minimum absolute atomic E-state index is 0.174. The van der Waals surface area contributed by atoms with Crippen molar-refractivity contribution in [3.8, 4) is 0 Å². The SMILES string of the molecule is Nc1cncc(Br)c1NCC(=O)O. The van der Waals surface area contributed by atoms with Crippen molar-refractivity contribution in [2.24, 2.45) is 0 Å². The number of aromatic nitrogens is 1. The maximum absolute atomic E-state index is 10.3. The Morgan fingerprint density at radius 2 is 2.38 bits per heavy atom. The summed E-state index contributed by atoms with van der Waals surface area (Å²) < 4.78 is 0.647. The number of rotatable bonds is 3. The highest BCUT2D eigenvalue weighted by atomic mass is 79.9. The first-order valence-corrected chi connectivity index (χ1v) is 4.25. The number of nitrogens with zero attached hydrogens (tertiary/aromatic N) is 1.